The quantitative estimate of drug-likeness (QED) is 0.614. The molecule has 0 atom stereocenters. The van der Waals surface area contributed by atoms with Crippen LogP contribution in [0, 0.1) is 5.92 Å². The number of carbonyl (C=O) groups excluding carboxylic acids is 1. The van der Waals surface area contributed by atoms with Gasteiger partial charge in [-0.05, 0) is 31.7 Å². The molecule has 0 aromatic carbocycles. The third-order valence-electron chi connectivity index (χ3n) is 2.51. The molecule has 3 heteroatoms. The van der Waals surface area contributed by atoms with Crippen molar-refractivity contribution in [2.45, 2.75) is 47.0 Å². The predicted octanol–water partition coefficient (Wildman–Crippen LogP) is 2.27. The number of nitrogens with one attached hydrogen (secondary N) is 1. The number of nitrogens with zero attached hydrogens (tertiary/aromatic N) is 1. The minimum Gasteiger partial charge on any atom is -0.342 e. The molecule has 0 spiro atoms. The molecule has 0 radical (unpaired) electrons. The van der Waals surface area contributed by atoms with Gasteiger partial charge in [-0.1, -0.05) is 27.7 Å². The zero-order valence-electron chi connectivity index (χ0n) is 11.4. The monoisotopic (exact) mass is 228 g/mol. The summed E-state index contributed by atoms with van der Waals surface area (Å²) in [5.41, 5.74) is 0. The van der Waals surface area contributed by atoms with Crippen LogP contribution in [0.4, 0.5) is 0 Å². The van der Waals surface area contributed by atoms with Crippen molar-refractivity contribution in [3.05, 3.63) is 0 Å². The summed E-state index contributed by atoms with van der Waals surface area (Å²) in [7, 11) is 0. The van der Waals surface area contributed by atoms with Crippen molar-refractivity contribution >= 4 is 5.91 Å². The summed E-state index contributed by atoms with van der Waals surface area (Å²) in [6, 6.07) is 0. The minimum atomic E-state index is 0.243. The highest BCUT2D eigenvalue weighted by Gasteiger charge is 2.10. The maximum absolute atomic E-state index is 11.8. The molecule has 0 aromatic rings. The molecule has 0 aromatic heterocycles. The molecule has 3 nitrogen and oxygen atoms in total. The van der Waals surface area contributed by atoms with E-state index in [1.54, 1.807) is 0 Å². The summed E-state index contributed by atoms with van der Waals surface area (Å²) < 4.78 is 0. The van der Waals surface area contributed by atoms with Crippen LogP contribution in [0.3, 0.4) is 0 Å². The molecule has 0 heterocycles. The van der Waals surface area contributed by atoms with E-state index >= 15 is 0 Å². The first kappa shape index (κ1) is 15.4. The molecule has 0 saturated carbocycles. The molecule has 0 unspecified atom stereocenters. The lowest BCUT2D eigenvalue weighted by atomic mass is 10.1. The van der Waals surface area contributed by atoms with Crippen LogP contribution in [0.1, 0.15) is 47.0 Å². The van der Waals surface area contributed by atoms with E-state index in [0.29, 0.717) is 12.5 Å². The lowest BCUT2D eigenvalue weighted by Gasteiger charge is -2.21. The van der Waals surface area contributed by atoms with E-state index in [0.717, 1.165) is 38.9 Å². The number of hydrogen-bond acceptors (Lipinski definition) is 2. The average Bonchev–Trinajstić information content (AvgIpc) is 2.23. The Bertz CT molecular complexity index is 175. The highest BCUT2D eigenvalue weighted by atomic mass is 16.2. The average molecular weight is 228 g/mol. The molecule has 0 saturated heterocycles. The SMILES string of the molecule is CCCN(CCC)C(=O)CNCCC(C)C. The topological polar surface area (TPSA) is 32.3 Å². The van der Waals surface area contributed by atoms with Crippen molar-refractivity contribution in [2.24, 2.45) is 5.92 Å². The smallest absolute Gasteiger partial charge is 0.236 e. The lowest BCUT2D eigenvalue weighted by Crippen LogP contribution is -2.39. The molecule has 16 heavy (non-hydrogen) atoms. The van der Waals surface area contributed by atoms with E-state index in [1.165, 1.54) is 0 Å². The normalized spacial score (nSPS) is 10.8. The Morgan fingerprint density at radius 3 is 2.19 bits per heavy atom. The van der Waals surface area contributed by atoms with Crippen LogP contribution >= 0.6 is 0 Å². The minimum absolute atomic E-state index is 0.243. The predicted molar refractivity (Wildman–Crippen MR) is 69.5 cm³/mol. The van der Waals surface area contributed by atoms with Gasteiger partial charge in [0.05, 0.1) is 6.54 Å². The Hall–Kier alpha value is -0.570. The van der Waals surface area contributed by atoms with E-state index in [4.69, 9.17) is 0 Å². The second-order valence-electron chi connectivity index (χ2n) is 4.74. The molecule has 0 aliphatic carbocycles. The van der Waals surface area contributed by atoms with Crippen molar-refractivity contribution in [1.82, 2.24) is 10.2 Å². The van der Waals surface area contributed by atoms with Gasteiger partial charge in [-0.3, -0.25) is 4.79 Å². The third kappa shape index (κ3) is 7.69. The number of amides is 1. The molecule has 0 fully saturated rings. The van der Waals surface area contributed by atoms with Crippen LogP contribution in [0.2, 0.25) is 0 Å². The Morgan fingerprint density at radius 2 is 1.75 bits per heavy atom. The number of hydrogen-bond donors (Lipinski definition) is 1. The van der Waals surface area contributed by atoms with Crippen LogP contribution < -0.4 is 5.32 Å². The molecule has 0 aliphatic rings. The van der Waals surface area contributed by atoms with Gasteiger partial charge in [0.2, 0.25) is 5.91 Å². The third-order valence-corrected chi connectivity index (χ3v) is 2.51. The van der Waals surface area contributed by atoms with Gasteiger partial charge in [0.1, 0.15) is 0 Å². The van der Waals surface area contributed by atoms with E-state index in [2.05, 4.69) is 33.0 Å². The van der Waals surface area contributed by atoms with Gasteiger partial charge < -0.3 is 10.2 Å². The second-order valence-corrected chi connectivity index (χ2v) is 4.74. The number of rotatable bonds is 9. The molecular weight excluding hydrogens is 200 g/mol. The van der Waals surface area contributed by atoms with Gasteiger partial charge in [-0.15, -0.1) is 0 Å². The molecule has 1 amide bonds. The van der Waals surface area contributed by atoms with E-state index in [1.807, 2.05) is 4.90 Å². The van der Waals surface area contributed by atoms with Crippen LogP contribution in [0.25, 0.3) is 0 Å². The summed E-state index contributed by atoms with van der Waals surface area (Å²) >= 11 is 0. The van der Waals surface area contributed by atoms with Crippen molar-refractivity contribution in [3.8, 4) is 0 Å². The maximum Gasteiger partial charge on any atom is 0.236 e. The van der Waals surface area contributed by atoms with Crippen LogP contribution in [-0.4, -0.2) is 37.0 Å². The summed E-state index contributed by atoms with van der Waals surface area (Å²) in [5.74, 6) is 0.942. The first-order valence-corrected chi connectivity index (χ1v) is 6.60. The van der Waals surface area contributed by atoms with Crippen molar-refractivity contribution in [2.75, 3.05) is 26.2 Å². The van der Waals surface area contributed by atoms with Gasteiger partial charge in [0.15, 0.2) is 0 Å². The zero-order chi connectivity index (χ0) is 12.4. The molecule has 96 valence electrons. The number of carbonyl (C=O) groups is 1. The second kappa shape index (κ2) is 9.64. The van der Waals surface area contributed by atoms with Crippen LogP contribution in [-0.2, 0) is 4.79 Å². The standard InChI is InChI=1S/C13H28N2O/c1-5-9-15(10-6-2)13(16)11-14-8-7-12(3)4/h12,14H,5-11H2,1-4H3. The van der Waals surface area contributed by atoms with Gasteiger partial charge in [-0.2, -0.15) is 0 Å². The van der Waals surface area contributed by atoms with Crippen molar-refractivity contribution < 1.29 is 4.79 Å². The maximum atomic E-state index is 11.8. The Morgan fingerprint density at radius 1 is 1.19 bits per heavy atom. The first-order chi connectivity index (χ1) is 7.61. The molecule has 1 N–H and O–H groups in total. The molecule has 0 rings (SSSR count). The van der Waals surface area contributed by atoms with Gasteiger partial charge in [-0.25, -0.2) is 0 Å². The Labute approximate surface area is 101 Å². The van der Waals surface area contributed by atoms with Gasteiger partial charge in [0, 0.05) is 13.1 Å². The molecular formula is C13H28N2O. The van der Waals surface area contributed by atoms with E-state index < -0.39 is 0 Å². The highest BCUT2D eigenvalue weighted by molar-refractivity contribution is 5.78. The fourth-order valence-corrected chi connectivity index (χ4v) is 1.60. The summed E-state index contributed by atoms with van der Waals surface area (Å²) in [4.78, 5) is 13.8. The Kier molecular flexibility index (Phi) is 9.30. The van der Waals surface area contributed by atoms with E-state index in [9.17, 15) is 4.79 Å². The molecule has 0 aliphatic heterocycles. The summed E-state index contributed by atoms with van der Waals surface area (Å²) in [6.45, 7) is 11.8. The fourth-order valence-electron chi connectivity index (χ4n) is 1.60. The highest BCUT2D eigenvalue weighted by Crippen LogP contribution is 1.97. The fraction of sp³-hybridized carbons (Fsp3) is 0.923. The largest absolute Gasteiger partial charge is 0.342 e. The van der Waals surface area contributed by atoms with Crippen LogP contribution in [0.5, 0.6) is 0 Å². The van der Waals surface area contributed by atoms with E-state index in [-0.39, 0.29) is 5.91 Å². The molecule has 0 bridgehead atoms. The van der Waals surface area contributed by atoms with Crippen LogP contribution in [0.15, 0.2) is 0 Å². The lowest BCUT2D eigenvalue weighted by molar-refractivity contribution is -0.130. The first-order valence-electron chi connectivity index (χ1n) is 6.60. The zero-order valence-corrected chi connectivity index (χ0v) is 11.4. The summed E-state index contributed by atoms with van der Waals surface area (Å²) in [6.07, 6.45) is 3.21. The van der Waals surface area contributed by atoms with Crippen molar-refractivity contribution in [3.63, 3.8) is 0 Å². The Balaban J connectivity index is 3.73. The summed E-state index contributed by atoms with van der Waals surface area (Å²) in [5, 5.41) is 3.22. The van der Waals surface area contributed by atoms with Gasteiger partial charge >= 0.3 is 0 Å². The van der Waals surface area contributed by atoms with Gasteiger partial charge in [0.25, 0.3) is 0 Å². The van der Waals surface area contributed by atoms with Crippen molar-refractivity contribution in [1.29, 1.82) is 0 Å².